The van der Waals surface area contributed by atoms with Crippen molar-refractivity contribution >= 4 is 30.4 Å². The largest absolute Gasteiger partial charge is 0.234 e. The van der Waals surface area contributed by atoms with Gasteiger partial charge in [-0.15, -0.1) is 0 Å². The fourth-order valence-corrected chi connectivity index (χ4v) is 7.40. The van der Waals surface area contributed by atoms with Crippen molar-refractivity contribution in [3.05, 3.63) is 29.8 Å². The zero-order valence-electron chi connectivity index (χ0n) is 16.1. The Balaban J connectivity index is 3.35. The van der Waals surface area contributed by atoms with Gasteiger partial charge in [-0.1, -0.05) is 73.7 Å². The van der Waals surface area contributed by atoms with Crippen molar-refractivity contribution in [1.29, 1.82) is 0 Å². The van der Waals surface area contributed by atoms with Gasteiger partial charge in [0, 0.05) is 11.8 Å². The standard InChI is InChI=1S/C19H32NOPS/c1-17(2,3)22(18(4,5)6)16-13-11-10-12-15(16)14-20-23(21)19(7,8)9/h10-14H,1-9H3/b20-14+. The zero-order valence-corrected chi connectivity index (χ0v) is 17.8. The van der Waals surface area contributed by atoms with Gasteiger partial charge in [0.05, 0.1) is 4.75 Å². The van der Waals surface area contributed by atoms with Gasteiger partial charge < -0.3 is 0 Å². The molecule has 0 aliphatic rings. The van der Waals surface area contributed by atoms with E-state index >= 15 is 0 Å². The third-order valence-corrected chi connectivity index (χ3v) is 8.25. The first-order chi connectivity index (χ1) is 10.2. The summed E-state index contributed by atoms with van der Waals surface area (Å²) >= 11 is 0. The van der Waals surface area contributed by atoms with Crippen molar-refractivity contribution in [2.24, 2.45) is 4.40 Å². The molecule has 0 bridgehead atoms. The van der Waals surface area contributed by atoms with Crippen LogP contribution in [0.15, 0.2) is 28.7 Å². The zero-order chi connectivity index (χ0) is 18.1. The molecule has 2 nitrogen and oxygen atoms in total. The molecule has 130 valence electrons. The quantitative estimate of drug-likeness (QED) is 0.537. The predicted octanol–water partition coefficient (Wildman–Crippen LogP) is 5.27. The molecule has 1 atom stereocenters. The average molecular weight is 354 g/mol. The van der Waals surface area contributed by atoms with Crippen LogP contribution in [0.4, 0.5) is 0 Å². The Morgan fingerprint density at radius 3 is 1.83 bits per heavy atom. The van der Waals surface area contributed by atoms with Gasteiger partial charge in [0.2, 0.25) is 0 Å². The molecular weight excluding hydrogens is 321 g/mol. The first-order valence-electron chi connectivity index (χ1n) is 8.10. The van der Waals surface area contributed by atoms with Gasteiger partial charge in [0.15, 0.2) is 0 Å². The highest BCUT2D eigenvalue weighted by atomic mass is 32.2. The van der Waals surface area contributed by atoms with E-state index in [0.29, 0.717) is 0 Å². The summed E-state index contributed by atoms with van der Waals surface area (Å²) in [7, 11) is -1.63. The van der Waals surface area contributed by atoms with E-state index in [0.717, 1.165) is 5.56 Å². The summed E-state index contributed by atoms with van der Waals surface area (Å²) in [5.74, 6) is 0. The Kier molecular flexibility index (Phi) is 6.38. The van der Waals surface area contributed by atoms with Gasteiger partial charge in [-0.05, 0) is 36.4 Å². The molecule has 1 aromatic carbocycles. The molecular formula is C19H32NOPS. The van der Waals surface area contributed by atoms with Crippen molar-refractivity contribution in [3.63, 3.8) is 0 Å². The van der Waals surface area contributed by atoms with Gasteiger partial charge in [-0.2, -0.15) is 4.40 Å². The summed E-state index contributed by atoms with van der Waals surface area (Å²) in [5, 5.41) is 1.73. The normalized spacial score (nSPS) is 15.4. The van der Waals surface area contributed by atoms with Crippen LogP contribution in [-0.2, 0) is 11.0 Å². The van der Waals surface area contributed by atoms with E-state index in [9.17, 15) is 4.21 Å². The van der Waals surface area contributed by atoms with Crippen LogP contribution in [0.25, 0.3) is 0 Å². The van der Waals surface area contributed by atoms with Crippen molar-refractivity contribution in [1.82, 2.24) is 0 Å². The molecule has 1 rings (SSSR count). The third kappa shape index (κ3) is 5.80. The van der Waals surface area contributed by atoms with Crippen LogP contribution in [0.1, 0.15) is 67.9 Å². The monoisotopic (exact) mass is 353 g/mol. The smallest absolute Gasteiger partial charge is 0.144 e. The van der Waals surface area contributed by atoms with Crippen LogP contribution in [0.5, 0.6) is 0 Å². The molecule has 0 fully saturated rings. The maximum Gasteiger partial charge on any atom is 0.144 e. The summed E-state index contributed by atoms with van der Waals surface area (Å²) in [6.07, 6.45) is 1.81. The van der Waals surface area contributed by atoms with Gasteiger partial charge in [0.25, 0.3) is 0 Å². The summed E-state index contributed by atoms with van der Waals surface area (Å²) in [6, 6.07) is 8.43. The first-order valence-corrected chi connectivity index (χ1v) is 10.5. The van der Waals surface area contributed by atoms with Crippen LogP contribution in [0.2, 0.25) is 0 Å². The SMILES string of the molecule is CC(C)(C)P(c1ccccc1/C=N/S(=O)C(C)(C)C)C(C)(C)C. The van der Waals surface area contributed by atoms with Gasteiger partial charge >= 0.3 is 0 Å². The molecule has 0 heterocycles. The molecule has 0 saturated heterocycles. The maximum absolute atomic E-state index is 12.2. The van der Waals surface area contributed by atoms with Crippen LogP contribution in [0.3, 0.4) is 0 Å². The molecule has 0 amide bonds. The molecule has 0 aromatic heterocycles. The van der Waals surface area contributed by atoms with Crippen molar-refractivity contribution in [3.8, 4) is 0 Å². The molecule has 0 saturated carbocycles. The highest BCUT2D eigenvalue weighted by molar-refractivity contribution is 7.85. The van der Waals surface area contributed by atoms with E-state index in [2.05, 4.69) is 64.1 Å². The lowest BCUT2D eigenvalue weighted by molar-refractivity contribution is 0.651. The topological polar surface area (TPSA) is 29.4 Å². The lowest BCUT2D eigenvalue weighted by Crippen LogP contribution is -2.32. The lowest BCUT2D eigenvalue weighted by Gasteiger charge is -2.42. The van der Waals surface area contributed by atoms with E-state index in [1.807, 2.05) is 33.1 Å². The van der Waals surface area contributed by atoms with E-state index < -0.39 is 18.9 Å². The average Bonchev–Trinajstić information content (AvgIpc) is 2.32. The Morgan fingerprint density at radius 1 is 0.913 bits per heavy atom. The van der Waals surface area contributed by atoms with Crippen LogP contribution in [0, 0.1) is 0 Å². The fraction of sp³-hybridized carbons (Fsp3) is 0.632. The van der Waals surface area contributed by atoms with Crippen LogP contribution >= 0.6 is 7.92 Å². The Labute approximate surface area is 146 Å². The second-order valence-electron chi connectivity index (χ2n) is 8.83. The van der Waals surface area contributed by atoms with Crippen LogP contribution < -0.4 is 5.30 Å². The second kappa shape index (κ2) is 7.15. The fourth-order valence-electron chi connectivity index (χ4n) is 2.79. The number of benzene rings is 1. The molecule has 0 aliphatic heterocycles. The number of rotatable bonds is 3. The molecule has 0 aliphatic carbocycles. The molecule has 1 unspecified atom stereocenters. The molecule has 0 radical (unpaired) electrons. The predicted molar refractivity (Wildman–Crippen MR) is 108 cm³/mol. The third-order valence-electron chi connectivity index (χ3n) is 3.33. The molecule has 4 heteroatoms. The molecule has 23 heavy (non-hydrogen) atoms. The number of hydrogen-bond donors (Lipinski definition) is 0. The van der Waals surface area contributed by atoms with Crippen molar-refractivity contribution in [2.45, 2.75) is 77.4 Å². The minimum Gasteiger partial charge on any atom is -0.234 e. The highest BCUT2D eigenvalue weighted by Gasteiger charge is 2.36. The Bertz CT molecular complexity index is 575. The van der Waals surface area contributed by atoms with Crippen molar-refractivity contribution in [2.75, 3.05) is 0 Å². The summed E-state index contributed by atoms with van der Waals surface area (Å²) in [6.45, 7) is 19.7. The minimum absolute atomic E-state index is 0.195. The molecule has 0 spiro atoms. The summed E-state index contributed by atoms with van der Waals surface area (Å²) < 4.78 is 16.2. The Hall–Kier alpha value is -0.530. The highest BCUT2D eigenvalue weighted by Crippen LogP contribution is 2.58. The first kappa shape index (κ1) is 20.5. The summed E-state index contributed by atoms with van der Waals surface area (Å²) in [4.78, 5) is 0. The second-order valence-corrected chi connectivity index (χ2v) is 14.6. The minimum atomic E-state index is -1.22. The molecule has 0 N–H and O–H groups in total. The van der Waals surface area contributed by atoms with E-state index in [-0.39, 0.29) is 15.1 Å². The van der Waals surface area contributed by atoms with E-state index in [1.54, 1.807) is 0 Å². The maximum atomic E-state index is 12.2. The molecule has 1 aromatic rings. The van der Waals surface area contributed by atoms with E-state index in [4.69, 9.17) is 0 Å². The van der Waals surface area contributed by atoms with Gasteiger partial charge in [-0.25, -0.2) is 4.21 Å². The van der Waals surface area contributed by atoms with Gasteiger partial charge in [0.1, 0.15) is 11.0 Å². The number of hydrogen-bond acceptors (Lipinski definition) is 1. The lowest BCUT2D eigenvalue weighted by atomic mass is 10.2. The number of nitrogens with zero attached hydrogens (tertiary/aromatic N) is 1. The van der Waals surface area contributed by atoms with Crippen molar-refractivity contribution < 1.29 is 4.21 Å². The van der Waals surface area contributed by atoms with Crippen LogP contribution in [-0.4, -0.2) is 25.5 Å². The van der Waals surface area contributed by atoms with Gasteiger partial charge in [-0.3, -0.25) is 0 Å². The van der Waals surface area contributed by atoms with E-state index in [1.165, 1.54) is 5.30 Å². The summed E-state index contributed by atoms with van der Waals surface area (Å²) in [5.41, 5.74) is 1.10. The Morgan fingerprint density at radius 2 is 1.39 bits per heavy atom.